The van der Waals surface area contributed by atoms with Crippen molar-refractivity contribution < 1.29 is 0 Å². The molecule has 0 aromatic heterocycles. The standard InChI is InChI=1S/C7H12N2/c1-4-9-7-2-3-8-5-6(1)7/h2,6,8-9H,1,3-5H2. The van der Waals surface area contributed by atoms with Gasteiger partial charge in [0.1, 0.15) is 0 Å². The minimum Gasteiger partial charge on any atom is -0.388 e. The van der Waals surface area contributed by atoms with Crippen molar-refractivity contribution in [1.29, 1.82) is 0 Å². The molecule has 0 aliphatic carbocycles. The average molecular weight is 124 g/mol. The van der Waals surface area contributed by atoms with Gasteiger partial charge in [0.2, 0.25) is 0 Å². The predicted molar refractivity (Wildman–Crippen MR) is 37.1 cm³/mol. The molecular formula is C7H12N2. The Hall–Kier alpha value is -0.500. The third-order valence-corrected chi connectivity index (χ3v) is 2.12. The predicted octanol–water partition coefficient (Wildman–Crippen LogP) is 0.0830. The molecule has 2 rings (SSSR count). The van der Waals surface area contributed by atoms with Gasteiger partial charge in [-0.1, -0.05) is 6.08 Å². The maximum absolute atomic E-state index is 3.38. The van der Waals surface area contributed by atoms with E-state index in [1.807, 2.05) is 0 Å². The van der Waals surface area contributed by atoms with Gasteiger partial charge in [-0.25, -0.2) is 0 Å². The van der Waals surface area contributed by atoms with Crippen molar-refractivity contribution in [2.45, 2.75) is 6.42 Å². The van der Waals surface area contributed by atoms with Crippen molar-refractivity contribution in [3.8, 4) is 0 Å². The molecule has 1 fully saturated rings. The van der Waals surface area contributed by atoms with Crippen LogP contribution in [-0.2, 0) is 0 Å². The topological polar surface area (TPSA) is 24.1 Å². The molecule has 0 spiro atoms. The van der Waals surface area contributed by atoms with Crippen LogP contribution in [0.2, 0.25) is 0 Å². The van der Waals surface area contributed by atoms with Crippen molar-refractivity contribution in [2.75, 3.05) is 19.6 Å². The van der Waals surface area contributed by atoms with Crippen LogP contribution in [-0.4, -0.2) is 19.6 Å². The van der Waals surface area contributed by atoms with Crippen molar-refractivity contribution in [2.24, 2.45) is 5.92 Å². The summed E-state index contributed by atoms with van der Waals surface area (Å²) in [4.78, 5) is 0. The summed E-state index contributed by atoms with van der Waals surface area (Å²) in [5.41, 5.74) is 1.48. The third kappa shape index (κ3) is 0.833. The molecule has 0 saturated carbocycles. The molecule has 0 bridgehead atoms. The summed E-state index contributed by atoms with van der Waals surface area (Å²) in [6.07, 6.45) is 3.58. The van der Waals surface area contributed by atoms with Crippen molar-refractivity contribution in [3.63, 3.8) is 0 Å². The number of fused-ring (bicyclic) bond motifs is 1. The highest BCUT2D eigenvalue weighted by Crippen LogP contribution is 2.19. The summed E-state index contributed by atoms with van der Waals surface area (Å²) in [5.74, 6) is 0.804. The number of rotatable bonds is 0. The first-order chi connectivity index (χ1) is 4.47. The molecule has 1 atom stereocenters. The Morgan fingerprint density at radius 1 is 1.56 bits per heavy atom. The molecule has 9 heavy (non-hydrogen) atoms. The van der Waals surface area contributed by atoms with Gasteiger partial charge in [-0.2, -0.15) is 0 Å². The van der Waals surface area contributed by atoms with Crippen molar-refractivity contribution in [1.82, 2.24) is 10.6 Å². The lowest BCUT2D eigenvalue weighted by Gasteiger charge is -2.16. The maximum atomic E-state index is 3.38. The van der Waals surface area contributed by atoms with E-state index < -0.39 is 0 Å². The normalized spacial score (nSPS) is 32.9. The Balaban J connectivity index is 2.16. The Kier molecular flexibility index (Phi) is 1.19. The summed E-state index contributed by atoms with van der Waals surface area (Å²) >= 11 is 0. The van der Waals surface area contributed by atoms with Crippen LogP contribution in [0.1, 0.15) is 6.42 Å². The van der Waals surface area contributed by atoms with Crippen LogP contribution in [0, 0.1) is 5.92 Å². The molecule has 1 unspecified atom stereocenters. The van der Waals surface area contributed by atoms with Gasteiger partial charge >= 0.3 is 0 Å². The van der Waals surface area contributed by atoms with E-state index in [0.717, 1.165) is 12.5 Å². The molecule has 0 amide bonds. The summed E-state index contributed by atoms with van der Waals surface area (Å²) in [6.45, 7) is 3.41. The average Bonchev–Trinajstić information content (AvgIpc) is 2.33. The molecule has 0 aromatic carbocycles. The molecule has 2 heterocycles. The zero-order valence-corrected chi connectivity index (χ0v) is 5.48. The fourth-order valence-electron chi connectivity index (χ4n) is 1.58. The Morgan fingerprint density at radius 2 is 2.56 bits per heavy atom. The van der Waals surface area contributed by atoms with E-state index in [1.54, 1.807) is 0 Å². The number of nitrogens with one attached hydrogen (secondary N) is 2. The first kappa shape index (κ1) is 5.30. The first-order valence-electron chi connectivity index (χ1n) is 3.61. The van der Waals surface area contributed by atoms with Gasteiger partial charge in [0.05, 0.1) is 0 Å². The molecule has 1 saturated heterocycles. The van der Waals surface area contributed by atoms with Crippen LogP contribution >= 0.6 is 0 Å². The molecule has 2 heteroatoms. The molecule has 2 nitrogen and oxygen atoms in total. The first-order valence-corrected chi connectivity index (χ1v) is 3.61. The monoisotopic (exact) mass is 124 g/mol. The highest BCUT2D eigenvalue weighted by Gasteiger charge is 2.21. The van der Waals surface area contributed by atoms with E-state index in [1.165, 1.54) is 25.2 Å². The van der Waals surface area contributed by atoms with E-state index in [2.05, 4.69) is 16.7 Å². The molecule has 0 aromatic rings. The lowest BCUT2D eigenvalue weighted by Crippen LogP contribution is -2.28. The van der Waals surface area contributed by atoms with Crippen LogP contribution in [0.15, 0.2) is 11.8 Å². The lowest BCUT2D eigenvalue weighted by atomic mass is 10.0. The summed E-state index contributed by atoms with van der Waals surface area (Å²) in [7, 11) is 0. The second-order valence-electron chi connectivity index (χ2n) is 2.73. The van der Waals surface area contributed by atoms with E-state index >= 15 is 0 Å². The number of hydrogen-bond donors (Lipinski definition) is 2. The zero-order chi connectivity index (χ0) is 6.10. The van der Waals surface area contributed by atoms with Gasteiger partial charge in [-0.3, -0.25) is 0 Å². The molecule has 0 radical (unpaired) electrons. The maximum Gasteiger partial charge on any atom is 0.0155 e. The summed E-state index contributed by atoms with van der Waals surface area (Å²) < 4.78 is 0. The highest BCUT2D eigenvalue weighted by atomic mass is 15.0. The second kappa shape index (κ2) is 2.03. The molecule has 2 aliphatic rings. The van der Waals surface area contributed by atoms with Crippen molar-refractivity contribution >= 4 is 0 Å². The van der Waals surface area contributed by atoms with Gasteiger partial charge in [-0.15, -0.1) is 0 Å². The van der Waals surface area contributed by atoms with Gasteiger partial charge < -0.3 is 10.6 Å². The smallest absolute Gasteiger partial charge is 0.0155 e. The summed E-state index contributed by atoms with van der Waals surface area (Å²) in [6, 6.07) is 0. The van der Waals surface area contributed by atoms with E-state index in [4.69, 9.17) is 0 Å². The minimum atomic E-state index is 0.804. The van der Waals surface area contributed by atoms with E-state index in [-0.39, 0.29) is 0 Å². The molecule has 2 N–H and O–H groups in total. The van der Waals surface area contributed by atoms with Crippen LogP contribution in [0.3, 0.4) is 0 Å². The molecule has 50 valence electrons. The van der Waals surface area contributed by atoms with Crippen LogP contribution in [0.4, 0.5) is 0 Å². The fraction of sp³-hybridized carbons (Fsp3) is 0.714. The largest absolute Gasteiger partial charge is 0.388 e. The SMILES string of the molecule is C1=C2NCCC2CNC1. The quantitative estimate of drug-likeness (QED) is 0.478. The highest BCUT2D eigenvalue weighted by molar-refractivity contribution is 5.13. The molecular weight excluding hydrogens is 112 g/mol. The van der Waals surface area contributed by atoms with Crippen molar-refractivity contribution in [3.05, 3.63) is 11.8 Å². The van der Waals surface area contributed by atoms with Gasteiger partial charge in [0.25, 0.3) is 0 Å². The Bertz CT molecular complexity index is 140. The van der Waals surface area contributed by atoms with E-state index in [9.17, 15) is 0 Å². The minimum absolute atomic E-state index is 0.804. The van der Waals surface area contributed by atoms with Crippen LogP contribution in [0.25, 0.3) is 0 Å². The van der Waals surface area contributed by atoms with E-state index in [0.29, 0.717) is 0 Å². The fourth-order valence-corrected chi connectivity index (χ4v) is 1.58. The summed E-state index contributed by atoms with van der Waals surface area (Å²) in [5, 5.41) is 6.72. The van der Waals surface area contributed by atoms with Gasteiger partial charge in [0.15, 0.2) is 0 Å². The van der Waals surface area contributed by atoms with Crippen LogP contribution < -0.4 is 10.6 Å². The zero-order valence-electron chi connectivity index (χ0n) is 5.48. The second-order valence-corrected chi connectivity index (χ2v) is 2.73. The van der Waals surface area contributed by atoms with Gasteiger partial charge in [-0.05, 0) is 6.42 Å². The third-order valence-electron chi connectivity index (χ3n) is 2.12. The van der Waals surface area contributed by atoms with Crippen LogP contribution in [0.5, 0.6) is 0 Å². The Morgan fingerprint density at radius 3 is 3.44 bits per heavy atom. The number of hydrogen-bond acceptors (Lipinski definition) is 2. The lowest BCUT2D eigenvalue weighted by molar-refractivity contribution is 0.547. The van der Waals surface area contributed by atoms with Gasteiger partial charge in [0, 0.05) is 31.2 Å². The Labute approximate surface area is 55.3 Å². The molecule has 2 aliphatic heterocycles.